The highest BCUT2D eigenvalue weighted by Gasteiger charge is 2.21. The Morgan fingerprint density at radius 2 is 2.29 bits per heavy atom. The lowest BCUT2D eigenvalue weighted by atomic mass is 9.98. The van der Waals surface area contributed by atoms with Crippen molar-refractivity contribution in [2.75, 3.05) is 0 Å². The fourth-order valence-electron chi connectivity index (χ4n) is 1.85. The quantitative estimate of drug-likeness (QED) is 0.714. The highest BCUT2D eigenvalue weighted by atomic mass is 32.2. The van der Waals surface area contributed by atoms with Crippen molar-refractivity contribution in [2.24, 2.45) is 5.73 Å². The summed E-state index contributed by atoms with van der Waals surface area (Å²) in [7, 11) is 0. The van der Waals surface area contributed by atoms with Gasteiger partial charge in [0.15, 0.2) is 0 Å². The molecule has 76 valence electrons. The average Bonchev–Trinajstić information content (AvgIpc) is 2.28. The number of fused-ring (bicyclic) bond motifs is 1. The Kier molecular flexibility index (Phi) is 2.79. The Hall–Kier alpha value is -0.540. The SMILES string of the molecule is CC1CC(N)c2cccc(F)c2CS1. The number of nitrogens with two attached hydrogens (primary N) is 1. The second kappa shape index (κ2) is 3.91. The monoisotopic (exact) mass is 211 g/mol. The largest absolute Gasteiger partial charge is 0.324 e. The molecule has 0 saturated carbocycles. The van der Waals surface area contributed by atoms with Crippen LogP contribution in [-0.4, -0.2) is 5.25 Å². The number of halogens is 1. The van der Waals surface area contributed by atoms with Crippen LogP contribution >= 0.6 is 11.8 Å². The molecule has 2 atom stereocenters. The minimum Gasteiger partial charge on any atom is -0.324 e. The predicted molar refractivity (Wildman–Crippen MR) is 58.7 cm³/mol. The summed E-state index contributed by atoms with van der Waals surface area (Å²) in [5.41, 5.74) is 7.81. The maximum Gasteiger partial charge on any atom is 0.127 e. The lowest BCUT2D eigenvalue weighted by Crippen LogP contribution is -2.14. The van der Waals surface area contributed by atoms with Crippen LogP contribution in [0.2, 0.25) is 0 Å². The highest BCUT2D eigenvalue weighted by Crippen LogP contribution is 2.34. The van der Waals surface area contributed by atoms with Crippen LogP contribution in [0.3, 0.4) is 0 Å². The number of hydrogen-bond acceptors (Lipinski definition) is 2. The predicted octanol–water partition coefficient (Wildman–Crippen LogP) is 2.85. The van der Waals surface area contributed by atoms with Crippen LogP contribution in [0.25, 0.3) is 0 Å². The van der Waals surface area contributed by atoms with E-state index in [-0.39, 0.29) is 11.9 Å². The molecule has 2 unspecified atom stereocenters. The number of rotatable bonds is 0. The molecule has 0 fully saturated rings. The lowest BCUT2D eigenvalue weighted by molar-refractivity contribution is 0.601. The molecule has 1 aromatic carbocycles. The van der Waals surface area contributed by atoms with Gasteiger partial charge in [0.05, 0.1) is 0 Å². The van der Waals surface area contributed by atoms with Crippen molar-refractivity contribution in [1.29, 1.82) is 0 Å². The third-order valence-electron chi connectivity index (χ3n) is 2.65. The van der Waals surface area contributed by atoms with Crippen molar-refractivity contribution in [2.45, 2.75) is 30.4 Å². The van der Waals surface area contributed by atoms with Crippen LogP contribution < -0.4 is 5.73 Å². The molecule has 0 bridgehead atoms. The van der Waals surface area contributed by atoms with Gasteiger partial charge < -0.3 is 5.73 Å². The van der Waals surface area contributed by atoms with Gasteiger partial charge in [-0.2, -0.15) is 11.8 Å². The van der Waals surface area contributed by atoms with E-state index in [4.69, 9.17) is 5.73 Å². The second-order valence-corrected chi connectivity index (χ2v) is 5.20. The molecule has 1 aromatic rings. The first-order valence-corrected chi connectivity index (χ1v) is 5.88. The van der Waals surface area contributed by atoms with Crippen LogP contribution in [0.1, 0.15) is 30.5 Å². The van der Waals surface area contributed by atoms with Crippen molar-refractivity contribution in [3.8, 4) is 0 Å². The van der Waals surface area contributed by atoms with Gasteiger partial charge in [-0.15, -0.1) is 0 Å². The molecule has 1 nitrogen and oxygen atoms in total. The number of hydrogen-bond donors (Lipinski definition) is 1. The molecule has 3 heteroatoms. The van der Waals surface area contributed by atoms with E-state index >= 15 is 0 Å². The fraction of sp³-hybridized carbons (Fsp3) is 0.455. The zero-order valence-corrected chi connectivity index (χ0v) is 8.98. The molecular weight excluding hydrogens is 197 g/mol. The van der Waals surface area contributed by atoms with Crippen LogP contribution in [0, 0.1) is 5.82 Å². The van der Waals surface area contributed by atoms with E-state index in [0.29, 0.717) is 5.25 Å². The zero-order valence-electron chi connectivity index (χ0n) is 8.16. The molecule has 1 aliphatic rings. The van der Waals surface area contributed by atoms with Gasteiger partial charge in [0.1, 0.15) is 5.82 Å². The standard InChI is InChI=1S/C11H14FNS/c1-7-5-11(13)8-3-2-4-10(12)9(8)6-14-7/h2-4,7,11H,5-6,13H2,1H3. The molecule has 2 N–H and O–H groups in total. The summed E-state index contributed by atoms with van der Waals surface area (Å²) in [6.07, 6.45) is 0.932. The third-order valence-corrected chi connectivity index (χ3v) is 3.87. The van der Waals surface area contributed by atoms with Gasteiger partial charge in [0.25, 0.3) is 0 Å². The number of benzene rings is 1. The van der Waals surface area contributed by atoms with Gasteiger partial charge in [-0.1, -0.05) is 19.1 Å². The Bertz CT molecular complexity index is 340. The molecule has 0 radical (unpaired) electrons. The van der Waals surface area contributed by atoms with Crippen molar-refractivity contribution >= 4 is 11.8 Å². The van der Waals surface area contributed by atoms with Crippen molar-refractivity contribution in [3.63, 3.8) is 0 Å². The van der Waals surface area contributed by atoms with Gasteiger partial charge >= 0.3 is 0 Å². The van der Waals surface area contributed by atoms with Gasteiger partial charge in [-0.05, 0) is 18.1 Å². The molecular formula is C11H14FNS. The van der Waals surface area contributed by atoms with Gasteiger partial charge in [0.2, 0.25) is 0 Å². The second-order valence-electron chi connectivity index (χ2n) is 3.77. The Labute approximate surface area is 87.9 Å². The lowest BCUT2D eigenvalue weighted by Gasteiger charge is -2.13. The molecule has 0 aliphatic carbocycles. The molecule has 0 amide bonds. The smallest absolute Gasteiger partial charge is 0.127 e. The molecule has 0 spiro atoms. The molecule has 2 rings (SSSR count). The fourth-order valence-corrected chi connectivity index (χ4v) is 2.95. The first kappa shape index (κ1) is 9.99. The van der Waals surface area contributed by atoms with Gasteiger partial charge in [0, 0.05) is 22.6 Å². The summed E-state index contributed by atoms with van der Waals surface area (Å²) in [6, 6.07) is 5.20. The third kappa shape index (κ3) is 1.79. The molecule has 0 aromatic heterocycles. The van der Waals surface area contributed by atoms with Crippen molar-refractivity contribution < 1.29 is 4.39 Å². The summed E-state index contributed by atoms with van der Waals surface area (Å²) in [6.45, 7) is 2.15. The first-order chi connectivity index (χ1) is 6.68. The van der Waals surface area contributed by atoms with E-state index in [2.05, 4.69) is 6.92 Å². The van der Waals surface area contributed by atoms with Gasteiger partial charge in [-0.3, -0.25) is 0 Å². The minimum absolute atomic E-state index is 0.00861. The first-order valence-electron chi connectivity index (χ1n) is 4.83. The van der Waals surface area contributed by atoms with Crippen molar-refractivity contribution in [1.82, 2.24) is 0 Å². The molecule has 0 saturated heterocycles. The van der Waals surface area contributed by atoms with E-state index < -0.39 is 0 Å². The Morgan fingerprint density at radius 3 is 3.07 bits per heavy atom. The maximum atomic E-state index is 13.5. The summed E-state index contributed by atoms with van der Waals surface area (Å²) in [5.74, 6) is 0.635. The Balaban J connectivity index is 2.43. The van der Waals surface area contributed by atoms with Crippen LogP contribution in [0.15, 0.2) is 18.2 Å². The van der Waals surface area contributed by atoms with Crippen molar-refractivity contribution in [3.05, 3.63) is 35.1 Å². The number of thioether (sulfide) groups is 1. The normalized spacial score (nSPS) is 26.8. The van der Waals surface area contributed by atoms with Crippen LogP contribution in [0.4, 0.5) is 4.39 Å². The van der Waals surface area contributed by atoms with Crippen LogP contribution in [-0.2, 0) is 5.75 Å². The highest BCUT2D eigenvalue weighted by molar-refractivity contribution is 7.99. The zero-order chi connectivity index (χ0) is 10.1. The van der Waals surface area contributed by atoms with E-state index in [1.54, 1.807) is 17.8 Å². The van der Waals surface area contributed by atoms with E-state index in [9.17, 15) is 4.39 Å². The van der Waals surface area contributed by atoms with E-state index in [1.165, 1.54) is 6.07 Å². The Morgan fingerprint density at radius 1 is 1.50 bits per heavy atom. The maximum absolute atomic E-state index is 13.5. The summed E-state index contributed by atoms with van der Waals surface area (Å²) in [4.78, 5) is 0. The topological polar surface area (TPSA) is 26.0 Å². The average molecular weight is 211 g/mol. The van der Waals surface area contributed by atoms with E-state index in [0.717, 1.165) is 23.3 Å². The van der Waals surface area contributed by atoms with Gasteiger partial charge in [-0.25, -0.2) is 4.39 Å². The van der Waals surface area contributed by atoms with E-state index in [1.807, 2.05) is 6.07 Å². The minimum atomic E-state index is -0.112. The molecule has 1 aliphatic heterocycles. The van der Waals surface area contributed by atoms with Crippen LogP contribution in [0.5, 0.6) is 0 Å². The summed E-state index contributed by atoms with van der Waals surface area (Å²) < 4.78 is 13.5. The summed E-state index contributed by atoms with van der Waals surface area (Å²) in [5, 5.41) is 0.511. The summed E-state index contributed by atoms with van der Waals surface area (Å²) >= 11 is 1.78. The molecule has 14 heavy (non-hydrogen) atoms. The molecule has 1 heterocycles.